The van der Waals surface area contributed by atoms with Gasteiger partial charge in [0, 0.05) is 18.3 Å². The van der Waals surface area contributed by atoms with Gasteiger partial charge in [0.25, 0.3) is 0 Å². The number of carbonyl (C=O) groups is 1. The van der Waals surface area contributed by atoms with Crippen molar-refractivity contribution in [3.63, 3.8) is 0 Å². The Kier molecular flexibility index (Phi) is 4.92. The second-order valence-electron chi connectivity index (χ2n) is 5.75. The van der Waals surface area contributed by atoms with Crippen molar-refractivity contribution in [1.29, 1.82) is 0 Å². The van der Waals surface area contributed by atoms with Crippen molar-refractivity contribution in [2.45, 2.75) is 19.0 Å². The van der Waals surface area contributed by atoms with E-state index in [9.17, 15) is 4.79 Å². The molecule has 0 aliphatic carbocycles. The molecule has 126 valence electrons. The molecule has 2 aromatic rings. The summed E-state index contributed by atoms with van der Waals surface area (Å²) in [5.41, 5.74) is 3.21. The highest BCUT2D eigenvalue weighted by molar-refractivity contribution is 5.95. The zero-order chi connectivity index (χ0) is 15.6. The normalized spacial score (nSPS) is 18.1. The van der Waals surface area contributed by atoms with E-state index in [2.05, 4.69) is 22.8 Å². The summed E-state index contributed by atoms with van der Waals surface area (Å²) in [4.78, 5) is 12.5. The van der Waals surface area contributed by atoms with Gasteiger partial charge in [-0.2, -0.15) is 0 Å². The fraction of sp³-hybridized carbons (Fsp3) is 0.278. The van der Waals surface area contributed by atoms with Gasteiger partial charge in [0.1, 0.15) is 13.2 Å². The van der Waals surface area contributed by atoms with Gasteiger partial charge in [0.15, 0.2) is 11.5 Å². The summed E-state index contributed by atoms with van der Waals surface area (Å²) in [6, 6.07) is 13.5. The van der Waals surface area contributed by atoms with Crippen LogP contribution in [-0.2, 0) is 17.8 Å². The summed E-state index contributed by atoms with van der Waals surface area (Å²) in [6.07, 6.45) is 0.701. The zero-order valence-electron chi connectivity index (χ0n) is 13.1. The van der Waals surface area contributed by atoms with Crippen LogP contribution in [0.3, 0.4) is 0 Å². The van der Waals surface area contributed by atoms with Crippen LogP contribution in [0.1, 0.15) is 11.1 Å². The summed E-state index contributed by atoms with van der Waals surface area (Å²) >= 11 is 0. The van der Waals surface area contributed by atoms with E-state index < -0.39 is 0 Å². The lowest BCUT2D eigenvalue weighted by Gasteiger charge is -2.25. The van der Waals surface area contributed by atoms with Gasteiger partial charge >= 0.3 is 0 Å². The number of rotatable bonds is 2. The number of ether oxygens (including phenoxy) is 2. The molecule has 2 aromatic carbocycles. The number of amides is 1. The van der Waals surface area contributed by atoms with E-state index in [1.807, 2.05) is 30.3 Å². The minimum absolute atomic E-state index is 0. The van der Waals surface area contributed by atoms with Crippen molar-refractivity contribution in [3.8, 4) is 11.5 Å². The predicted octanol–water partition coefficient (Wildman–Crippen LogP) is 2.53. The molecule has 2 aliphatic rings. The second kappa shape index (κ2) is 7.11. The van der Waals surface area contributed by atoms with Crippen LogP contribution in [0.25, 0.3) is 0 Å². The van der Waals surface area contributed by atoms with Crippen molar-refractivity contribution in [1.82, 2.24) is 5.32 Å². The Hall–Kier alpha value is -2.24. The van der Waals surface area contributed by atoms with Crippen molar-refractivity contribution >= 4 is 24.0 Å². The quantitative estimate of drug-likeness (QED) is 0.877. The lowest BCUT2D eigenvalue weighted by atomic mass is 9.95. The van der Waals surface area contributed by atoms with Crippen LogP contribution < -0.4 is 20.1 Å². The number of carbonyl (C=O) groups excluding carboxylic acids is 1. The molecule has 2 aliphatic heterocycles. The SMILES string of the molecule is Cl.O=C(Nc1ccc2c(c1)OCCO2)[C@@H]1Cc2ccccc2CN1. The maximum Gasteiger partial charge on any atom is 0.241 e. The van der Waals surface area contributed by atoms with Crippen molar-refractivity contribution in [2.24, 2.45) is 0 Å². The molecule has 0 spiro atoms. The number of benzene rings is 2. The molecule has 2 N–H and O–H groups in total. The van der Waals surface area contributed by atoms with Crippen molar-refractivity contribution < 1.29 is 14.3 Å². The smallest absolute Gasteiger partial charge is 0.241 e. The zero-order valence-corrected chi connectivity index (χ0v) is 13.9. The van der Waals surface area contributed by atoms with Gasteiger partial charge in [0.05, 0.1) is 6.04 Å². The standard InChI is InChI=1S/C18H18N2O3.ClH/c21-18(15-9-12-3-1-2-4-13(12)11-19-15)20-14-5-6-16-17(10-14)23-8-7-22-16;/h1-6,10,15,19H,7-9,11H2,(H,20,21);1H/t15-;/m0./s1. The molecule has 1 amide bonds. The van der Waals surface area contributed by atoms with Gasteiger partial charge in [-0.15, -0.1) is 12.4 Å². The van der Waals surface area contributed by atoms with Crippen LogP contribution in [0.4, 0.5) is 5.69 Å². The number of anilines is 1. The van der Waals surface area contributed by atoms with Crippen LogP contribution in [0, 0.1) is 0 Å². The number of nitrogens with one attached hydrogen (secondary N) is 2. The van der Waals surface area contributed by atoms with Crippen LogP contribution in [0.5, 0.6) is 11.5 Å². The highest BCUT2D eigenvalue weighted by Gasteiger charge is 2.24. The molecular formula is C18H19ClN2O3. The number of halogens is 1. The van der Waals surface area contributed by atoms with Gasteiger partial charge in [-0.05, 0) is 29.7 Å². The Labute approximate surface area is 146 Å². The first-order chi connectivity index (χ1) is 11.3. The predicted molar refractivity (Wildman–Crippen MR) is 94.1 cm³/mol. The number of hydrogen-bond donors (Lipinski definition) is 2. The average molecular weight is 347 g/mol. The van der Waals surface area contributed by atoms with Gasteiger partial charge in [-0.3, -0.25) is 4.79 Å². The summed E-state index contributed by atoms with van der Waals surface area (Å²) < 4.78 is 11.0. The van der Waals surface area contributed by atoms with Gasteiger partial charge < -0.3 is 20.1 Å². The minimum atomic E-state index is -0.224. The van der Waals surface area contributed by atoms with Crippen LogP contribution >= 0.6 is 12.4 Å². The second-order valence-corrected chi connectivity index (χ2v) is 5.75. The molecule has 0 radical (unpaired) electrons. The summed E-state index contributed by atoms with van der Waals surface area (Å²) in [6.45, 7) is 1.81. The third-order valence-corrected chi connectivity index (χ3v) is 4.21. The Balaban J connectivity index is 0.00000169. The van der Waals surface area contributed by atoms with E-state index in [1.54, 1.807) is 0 Å². The van der Waals surface area contributed by atoms with E-state index in [1.165, 1.54) is 11.1 Å². The Morgan fingerprint density at radius 3 is 2.62 bits per heavy atom. The Morgan fingerprint density at radius 1 is 1.04 bits per heavy atom. The molecule has 0 fully saturated rings. The van der Waals surface area contributed by atoms with Gasteiger partial charge in [0.2, 0.25) is 5.91 Å². The Morgan fingerprint density at radius 2 is 1.79 bits per heavy atom. The van der Waals surface area contributed by atoms with E-state index in [0.29, 0.717) is 25.4 Å². The summed E-state index contributed by atoms with van der Waals surface area (Å²) in [5, 5.41) is 6.25. The van der Waals surface area contributed by atoms with E-state index in [4.69, 9.17) is 9.47 Å². The molecule has 0 bridgehead atoms. The number of fused-ring (bicyclic) bond motifs is 2. The first-order valence-corrected chi connectivity index (χ1v) is 7.80. The monoisotopic (exact) mass is 346 g/mol. The highest BCUT2D eigenvalue weighted by atomic mass is 35.5. The molecule has 0 unspecified atom stereocenters. The van der Waals surface area contributed by atoms with Crippen LogP contribution in [0.15, 0.2) is 42.5 Å². The lowest BCUT2D eigenvalue weighted by Crippen LogP contribution is -2.44. The summed E-state index contributed by atoms with van der Waals surface area (Å²) in [7, 11) is 0. The molecule has 0 saturated carbocycles. The maximum absolute atomic E-state index is 12.5. The Bertz CT molecular complexity index is 751. The van der Waals surface area contributed by atoms with E-state index >= 15 is 0 Å². The van der Waals surface area contributed by atoms with E-state index in [-0.39, 0.29) is 24.4 Å². The number of hydrogen-bond acceptors (Lipinski definition) is 4. The summed E-state index contributed by atoms with van der Waals surface area (Å²) in [5.74, 6) is 1.37. The van der Waals surface area contributed by atoms with Crippen molar-refractivity contribution in [2.75, 3.05) is 18.5 Å². The van der Waals surface area contributed by atoms with Crippen LogP contribution in [0.2, 0.25) is 0 Å². The van der Waals surface area contributed by atoms with E-state index in [0.717, 1.165) is 18.0 Å². The fourth-order valence-corrected chi connectivity index (χ4v) is 2.99. The third-order valence-electron chi connectivity index (χ3n) is 4.21. The van der Waals surface area contributed by atoms with Crippen LogP contribution in [-0.4, -0.2) is 25.2 Å². The fourth-order valence-electron chi connectivity index (χ4n) is 2.99. The molecule has 2 heterocycles. The first kappa shape index (κ1) is 16.6. The largest absolute Gasteiger partial charge is 0.486 e. The molecule has 1 atom stereocenters. The molecule has 4 rings (SSSR count). The highest BCUT2D eigenvalue weighted by Crippen LogP contribution is 2.32. The minimum Gasteiger partial charge on any atom is -0.486 e. The molecule has 6 heteroatoms. The average Bonchev–Trinajstić information content (AvgIpc) is 2.61. The molecule has 0 aromatic heterocycles. The molecular weight excluding hydrogens is 328 g/mol. The third kappa shape index (κ3) is 3.32. The lowest BCUT2D eigenvalue weighted by molar-refractivity contribution is -0.118. The molecule has 0 saturated heterocycles. The maximum atomic E-state index is 12.5. The van der Waals surface area contributed by atoms with Gasteiger partial charge in [-0.1, -0.05) is 24.3 Å². The molecule has 24 heavy (non-hydrogen) atoms. The topological polar surface area (TPSA) is 59.6 Å². The van der Waals surface area contributed by atoms with Crippen molar-refractivity contribution in [3.05, 3.63) is 53.6 Å². The van der Waals surface area contributed by atoms with Gasteiger partial charge in [-0.25, -0.2) is 0 Å². The first-order valence-electron chi connectivity index (χ1n) is 7.80. The molecule has 5 nitrogen and oxygen atoms in total.